The fraction of sp³-hybridized carbons (Fsp3) is 0.200. The van der Waals surface area contributed by atoms with Crippen molar-refractivity contribution in [1.82, 2.24) is 0 Å². The highest BCUT2D eigenvalue weighted by atomic mass is 35.5. The summed E-state index contributed by atoms with van der Waals surface area (Å²) >= 11 is 5.85. The molecule has 2 rings (SSSR count). The molecule has 4 heteroatoms. The Morgan fingerprint density at radius 1 is 1.21 bits per heavy atom. The Morgan fingerprint density at radius 3 is 2.74 bits per heavy atom. The van der Waals surface area contributed by atoms with Crippen LogP contribution in [0.1, 0.15) is 16.7 Å². The summed E-state index contributed by atoms with van der Waals surface area (Å²) in [6, 6.07) is 10.1. The molecule has 0 amide bonds. The fourth-order valence-corrected chi connectivity index (χ4v) is 1.97. The van der Waals surface area contributed by atoms with Gasteiger partial charge in [-0.05, 0) is 19.1 Å². The molecular formula is C15H14ClFO2. The smallest absolute Gasteiger partial charge is 0.142 e. The molecule has 2 aromatic carbocycles. The Kier molecular flexibility index (Phi) is 4.40. The van der Waals surface area contributed by atoms with Crippen molar-refractivity contribution in [2.45, 2.75) is 20.1 Å². The molecule has 0 aliphatic carbocycles. The Bertz CT molecular complexity index is 584. The zero-order chi connectivity index (χ0) is 13.8. The van der Waals surface area contributed by atoms with Gasteiger partial charge in [0.1, 0.15) is 18.2 Å². The maximum Gasteiger partial charge on any atom is 0.142 e. The van der Waals surface area contributed by atoms with Gasteiger partial charge in [0, 0.05) is 11.1 Å². The lowest BCUT2D eigenvalue weighted by Crippen LogP contribution is -2.00. The van der Waals surface area contributed by atoms with Crippen LogP contribution in [-0.4, -0.2) is 5.11 Å². The average Bonchev–Trinajstić information content (AvgIpc) is 2.41. The van der Waals surface area contributed by atoms with Gasteiger partial charge in [0.25, 0.3) is 0 Å². The van der Waals surface area contributed by atoms with E-state index in [0.717, 1.165) is 5.56 Å². The molecule has 0 fully saturated rings. The van der Waals surface area contributed by atoms with Gasteiger partial charge in [-0.2, -0.15) is 0 Å². The standard InChI is InChI=1S/C15H14ClFO2/c1-10-5-6-14(12(7-10)8-18)19-9-11-3-2-4-13(17)15(11)16/h2-7,18H,8-9H2,1H3. The molecule has 0 aliphatic heterocycles. The lowest BCUT2D eigenvalue weighted by atomic mass is 10.1. The van der Waals surface area contributed by atoms with Crippen LogP contribution in [0.25, 0.3) is 0 Å². The second-order valence-electron chi connectivity index (χ2n) is 4.27. The minimum absolute atomic E-state index is 0.0696. The van der Waals surface area contributed by atoms with Gasteiger partial charge >= 0.3 is 0 Å². The Morgan fingerprint density at radius 2 is 2.00 bits per heavy atom. The van der Waals surface area contributed by atoms with Crippen molar-refractivity contribution in [3.63, 3.8) is 0 Å². The second kappa shape index (κ2) is 6.04. The van der Waals surface area contributed by atoms with Crippen LogP contribution < -0.4 is 4.74 Å². The number of halogens is 2. The second-order valence-corrected chi connectivity index (χ2v) is 4.65. The number of aliphatic hydroxyl groups excluding tert-OH is 1. The Balaban J connectivity index is 2.17. The highest BCUT2D eigenvalue weighted by Gasteiger charge is 2.08. The van der Waals surface area contributed by atoms with Gasteiger partial charge in [0.2, 0.25) is 0 Å². The molecule has 0 spiro atoms. The van der Waals surface area contributed by atoms with E-state index in [1.54, 1.807) is 18.2 Å². The van der Waals surface area contributed by atoms with Crippen molar-refractivity contribution in [2.24, 2.45) is 0 Å². The summed E-state index contributed by atoms with van der Waals surface area (Å²) in [4.78, 5) is 0. The van der Waals surface area contributed by atoms with E-state index < -0.39 is 5.82 Å². The van der Waals surface area contributed by atoms with Crippen LogP contribution in [0, 0.1) is 12.7 Å². The first-order valence-corrected chi connectivity index (χ1v) is 6.25. The molecule has 0 saturated carbocycles. The van der Waals surface area contributed by atoms with Gasteiger partial charge in [-0.15, -0.1) is 0 Å². The number of hydrogen-bond donors (Lipinski definition) is 1. The first-order valence-electron chi connectivity index (χ1n) is 5.88. The topological polar surface area (TPSA) is 29.5 Å². The van der Waals surface area contributed by atoms with Crippen LogP contribution in [0.15, 0.2) is 36.4 Å². The van der Waals surface area contributed by atoms with Crippen molar-refractivity contribution < 1.29 is 14.2 Å². The van der Waals surface area contributed by atoms with Gasteiger partial charge < -0.3 is 9.84 Å². The molecule has 19 heavy (non-hydrogen) atoms. The van der Waals surface area contributed by atoms with Gasteiger partial charge in [-0.3, -0.25) is 0 Å². The normalized spacial score (nSPS) is 10.5. The van der Waals surface area contributed by atoms with Crippen LogP contribution in [0.4, 0.5) is 4.39 Å². The minimum Gasteiger partial charge on any atom is -0.488 e. The summed E-state index contributed by atoms with van der Waals surface area (Å²) in [5, 5.41) is 9.34. The largest absolute Gasteiger partial charge is 0.488 e. The van der Waals surface area contributed by atoms with E-state index in [1.807, 2.05) is 19.1 Å². The first-order chi connectivity index (χ1) is 9.11. The molecule has 0 bridgehead atoms. The Hall–Kier alpha value is -1.58. The van der Waals surface area contributed by atoms with Crippen LogP contribution in [0.2, 0.25) is 5.02 Å². The number of aliphatic hydroxyl groups is 1. The van der Waals surface area contributed by atoms with Crippen molar-refractivity contribution in [3.8, 4) is 5.75 Å². The molecule has 0 saturated heterocycles. The molecule has 1 N–H and O–H groups in total. The predicted molar refractivity (Wildman–Crippen MR) is 72.8 cm³/mol. The number of hydrogen-bond acceptors (Lipinski definition) is 2. The highest BCUT2D eigenvalue weighted by Crippen LogP contribution is 2.24. The van der Waals surface area contributed by atoms with Gasteiger partial charge in [-0.1, -0.05) is 41.4 Å². The number of rotatable bonds is 4. The van der Waals surface area contributed by atoms with Crippen molar-refractivity contribution in [1.29, 1.82) is 0 Å². The first kappa shape index (κ1) is 13.8. The SMILES string of the molecule is Cc1ccc(OCc2cccc(F)c2Cl)c(CO)c1. The van der Waals surface area contributed by atoms with Gasteiger partial charge in [-0.25, -0.2) is 4.39 Å². The van der Waals surface area contributed by atoms with Crippen LogP contribution in [0.5, 0.6) is 5.75 Å². The molecule has 0 unspecified atom stereocenters. The highest BCUT2D eigenvalue weighted by molar-refractivity contribution is 6.31. The summed E-state index contributed by atoms with van der Waals surface area (Å²) in [6.07, 6.45) is 0. The molecule has 0 heterocycles. The Labute approximate surface area is 116 Å². The lowest BCUT2D eigenvalue weighted by Gasteiger charge is -2.12. The maximum atomic E-state index is 13.3. The molecular weight excluding hydrogens is 267 g/mol. The third kappa shape index (κ3) is 3.25. The summed E-state index contributed by atoms with van der Waals surface area (Å²) in [6.45, 7) is 1.99. The minimum atomic E-state index is -0.464. The summed E-state index contributed by atoms with van der Waals surface area (Å²) in [5.74, 6) is 0.113. The molecule has 0 atom stereocenters. The van der Waals surface area contributed by atoms with E-state index in [4.69, 9.17) is 16.3 Å². The van der Waals surface area contributed by atoms with Crippen molar-refractivity contribution in [3.05, 3.63) is 63.9 Å². The van der Waals surface area contributed by atoms with E-state index in [1.165, 1.54) is 6.07 Å². The van der Waals surface area contributed by atoms with Gasteiger partial charge in [0.05, 0.1) is 11.6 Å². The monoisotopic (exact) mass is 280 g/mol. The molecule has 0 aliphatic rings. The third-order valence-corrected chi connectivity index (χ3v) is 3.22. The zero-order valence-electron chi connectivity index (χ0n) is 10.5. The van der Waals surface area contributed by atoms with E-state index in [-0.39, 0.29) is 18.2 Å². The summed E-state index contributed by atoms with van der Waals surface area (Å²) < 4.78 is 18.9. The fourth-order valence-electron chi connectivity index (χ4n) is 1.79. The van der Waals surface area contributed by atoms with Crippen LogP contribution >= 0.6 is 11.6 Å². The summed E-state index contributed by atoms with van der Waals surface area (Å²) in [7, 11) is 0. The molecule has 100 valence electrons. The van der Waals surface area contributed by atoms with E-state index in [2.05, 4.69) is 0 Å². The quantitative estimate of drug-likeness (QED) is 0.921. The molecule has 0 radical (unpaired) electrons. The maximum absolute atomic E-state index is 13.3. The third-order valence-electron chi connectivity index (χ3n) is 2.80. The molecule has 0 aromatic heterocycles. The van der Waals surface area contributed by atoms with Gasteiger partial charge in [0.15, 0.2) is 0 Å². The van der Waals surface area contributed by atoms with E-state index in [0.29, 0.717) is 16.9 Å². The number of aryl methyl sites for hydroxylation is 1. The van der Waals surface area contributed by atoms with Crippen molar-refractivity contribution >= 4 is 11.6 Å². The molecule has 2 nitrogen and oxygen atoms in total. The van der Waals surface area contributed by atoms with Crippen LogP contribution in [0.3, 0.4) is 0 Å². The summed E-state index contributed by atoms with van der Waals surface area (Å²) in [5.41, 5.74) is 2.32. The van der Waals surface area contributed by atoms with E-state index in [9.17, 15) is 9.50 Å². The number of benzene rings is 2. The van der Waals surface area contributed by atoms with E-state index >= 15 is 0 Å². The predicted octanol–water partition coefficient (Wildman–Crippen LogP) is 3.86. The lowest BCUT2D eigenvalue weighted by molar-refractivity contribution is 0.259. The average molecular weight is 281 g/mol. The van der Waals surface area contributed by atoms with Crippen molar-refractivity contribution in [2.75, 3.05) is 0 Å². The van der Waals surface area contributed by atoms with Crippen LogP contribution in [-0.2, 0) is 13.2 Å². The molecule has 2 aromatic rings. The number of ether oxygens (including phenoxy) is 1. The zero-order valence-corrected chi connectivity index (χ0v) is 11.2.